The third-order valence-corrected chi connectivity index (χ3v) is 4.57. The molecule has 5 heteroatoms. The molecule has 96 valence electrons. The predicted octanol–water partition coefficient (Wildman–Crippen LogP) is 2.78. The topological polar surface area (TPSA) is 51.4 Å². The molecule has 1 heterocycles. The molecule has 0 aliphatic carbocycles. The number of pyridine rings is 1. The maximum absolute atomic E-state index is 12.4. The standard InChI is InChI=1S/C14H12N2O2S/c1-11-6-8-12(9-7-11)19(17,18)14(15-2)13-5-3-4-10-16-13/h3-10,14H,1H3/t14-/m1/s1. The van der Waals surface area contributed by atoms with Gasteiger partial charge < -0.3 is 0 Å². The number of hydrogen-bond donors (Lipinski definition) is 0. The summed E-state index contributed by atoms with van der Waals surface area (Å²) in [5.41, 5.74) is 1.22. The van der Waals surface area contributed by atoms with E-state index in [9.17, 15) is 8.42 Å². The summed E-state index contributed by atoms with van der Waals surface area (Å²) >= 11 is 0. The van der Waals surface area contributed by atoms with E-state index < -0.39 is 15.2 Å². The fourth-order valence-corrected chi connectivity index (χ4v) is 3.04. The maximum atomic E-state index is 12.4. The molecule has 2 aromatic rings. The molecule has 1 aromatic heterocycles. The quantitative estimate of drug-likeness (QED) is 0.807. The summed E-state index contributed by atoms with van der Waals surface area (Å²) < 4.78 is 24.8. The highest BCUT2D eigenvalue weighted by Crippen LogP contribution is 2.28. The molecule has 1 atom stereocenters. The molecule has 1 aromatic carbocycles. The Morgan fingerprint density at radius 1 is 1.16 bits per heavy atom. The van der Waals surface area contributed by atoms with Gasteiger partial charge in [0.2, 0.25) is 0 Å². The van der Waals surface area contributed by atoms with Gasteiger partial charge in [-0.2, -0.15) is 0 Å². The monoisotopic (exact) mass is 272 g/mol. The van der Waals surface area contributed by atoms with Crippen molar-refractivity contribution in [3.63, 3.8) is 0 Å². The average Bonchev–Trinajstić information content (AvgIpc) is 2.41. The highest BCUT2D eigenvalue weighted by Gasteiger charge is 2.35. The second-order valence-electron chi connectivity index (χ2n) is 4.09. The minimum absolute atomic E-state index is 0.143. The number of benzene rings is 1. The van der Waals surface area contributed by atoms with Crippen molar-refractivity contribution >= 4 is 9.84 Å². The molecule has 0 aliphatic heterocycles. The molecule has 0 fully saturated rings. The number of nitrogens with zero attached hydrogens (tertiary/aromatic N) is 2. The third kappa shape index (κ3) is 2.64. The third-order valence-electron chi connectivity index (χ3n) is 2.70. The summed E-state index contributed by atoms with van der Waals surface area (Å²) in [4.78, 5) is 7.34. The Morgan fingerprint density at radius 2 is 1.84 bits per heavy atom. The van der Waals surface area contributed by atoms with Crippen molar-refractivity contribution in [2.24, 2.45) is 0 Å². The van der Waals surface area contributed by atoms with Gasteiger partial charge in [-0.05, 0) is 31.2 Å². The molecule has 0 saturated heterocycles. The number of aromatic nitrogens is 1. The fraction of sp³-hybridized carbons (Fsp3) is 0.143. The van der Waals surface area contributed by atoms with E-state index in [-0.39, 0.29) is 10.6 Å². The normalized spacial score (nSPS) is 12.6. The molecule has 2 rings (SSSR count). The zero-order valence-electron chi connectivity index (χ0n) is 10.3. The lowest BCUT2D eigenvalue weighted by molar-refractivity contribution is 0.589. The smallest absolute Gasteiger partial charge is 0.289 e. The second kappa shape index (κ2) is 5.21. The first kappa shape index (κ1) is 13.2. The first-order valence-corrected chi connectivity index (χ1v) is 7.18. The van der Waals surface area contributed by atoms with Crippen LogP contribution in [0, 0.1) is 13.5 Å². The number of sulfone groups is 1. The Balaban J connectivity index is 2.49. The van der Waals surface area contributed by atoms with Crippen molar-refractivity contribution in [3.8, 4) is 0 Å². The fourth-order valence-electron chi connectivity index (χ4n) is 1.67. The van der Waals surface area contributed by atoms with E-state index in [2.05, 4.69) is 9.83 Å². The van der Waals surface area contributed by atoms with E-state index in [0.29, 0.717) is 0 Å². The zero-order chi connectivity index (χ0) is 13.9. The molecular weight excluding hydrogens is 260 g/mol. The van der Waals surface area contributed by atoms with Gasteiger partial charge in [0.05, 0.1) is 4.90 Å². The number of hydrogen-bond acceptors (Lipinski definition) is 3. The largest absolute Gasteiger partial charge is 0.366 e. The SMILES string of the molecule is [C-]#[N+][C@@H](c1ccccn1)S(=O)(=O)c1ccc(C)cc1. The van der Waals surface area contributed by atoms with Crippen molar-refractivity contribution in [3.05, 3.63) is 71.3 Å². The van der Waals surface area contributed by atoms with Crippen LogP contribution in [0.5, 0.6) is 0 Å². The van der Waals surface area contributed by atoms with Gasteiger partial charge in [-0.1, -0.05) is 23.8 Å². The number of aryl methyl sites for hydroxylation is 1. The van der Waals surface area contributed by atoms with Gasteiger partial charge in [-0.25, -0.2) is 15.0 Å². The van der Waals surface area contributed by atoms with E-state index in [1.807, 2.05) is 6.92 Å². The van der Waals surface area contributed by atoms with Crippen LogP contribution in [-0.4, -0.2) is 13.4 Å². The van der Waals surface area contributed by atoms with E-state index in [1.54, 1.807) is 30.3 Å². The molecule has 0 unspecified atom stereocenters. The summed E-state index contributed by atoms with van der Waals surface area (Å²) in [7, 11) is -3.74. The molecule has 0 saturated carbocycles. The van der Waals surface area contributed by atoms with Crippen molar-refractivity contribution in [2.45, 2.75) is 17.2 Å². The van der Waals surface area contributed by atoms with Gasteiger partial charge in [0, 0.05) is 6.20 Å². The summed E-state index contributed by atoms with van der Waals surface area (Å²) in [6, 6.07) is 11.4. The van der Waals surface area contributed by atoms with Crippen molar-refractivity contribution < 1.29 is 8.42 Å². The van der Waals surface area contributed by atoms with E-state index in [1.165, 1.54) is 18.3 Å². The van der Waals surface area contributed by atoms with E-state index in [4.69, 9.17) is 6.57 Å². The lowest BCUT2D eigenvalue weighted by atomic mass is 10.2. The lowest BCUT2D eigenvalue weighted by Gasteiger charge is -2.07. The van der Waals surface area contributed by atoms with Gasteiger partial charge in [-0.3, -0.25) is 9.83 Å². The molecular formula is C14H12N2O2S. The highest BCUT2D eigenvalue weighted by atomic mass is 32.2. The Labute approximate surface area is 112 Å². The summed E-state index contributed by atoms with van der Waals surface area (Å²) in [6.07, 6.45) is 1.48. The van der Waals surface area contributed by atoms with Crippen LogP contribution in [0.4, 0.5) is 0 Å². The predicted molar refractivity (Wildman–Crippen MR) is 71.9 cm³/mol. The van der Waals surface area contributed by atoms with Crippen LogP contribution in [-0.2, 0) is 9.84 Å². The van der Waals surface area contributed by atoms with Crippen LogP contribution in [0.25, 0.3) is 4.85 Å². The highest BCUT2D eigenvalue weighted by molar-refractivity contribution is 7.91. The average molecular weight is 272 g/mol. The van der Waals surface area contributed by atoms with Crippen LogP contribution >= 0.6 is 0 Å². The lowest BCUT2D eigenvalue weighted by Crippen LogP contribution is -2.11. The Kier molecular flexibility index (Phi) is 3.63. The van der Waals surface area contributed by atoms with Gasteiger partial charge in [0.1, 0.15) is 5.69 Å². The minimum Gasteiger partial charge on any atom is -0.289 e. The first-order chi connectivity index (χ1) is 9.05. The maximum Gasteiger partial charge on any atom is 0.366 e. The van der Waals surface area contributed by atoms with Gasteiger partial charge in [0.25, 0.3) is 9.84 Å². The van der Waals surface area contributed by atoms with Crippen LogP contribution in [0.1, 0.15) is 16.6 Å². The van der Waals surface area contributed by atoms with Crippen LogP contribution in [0.2, 0.25) is 0 Å². The second-order valence-corrected chi connectivity index (χ2v) is 6.10. The zero-order valence-corrected chi connectivity index (χ0v) is 11.1. The molecule has 0 amide bonds. The Morgan fingerprint density at radius 3 is 2.37 bits per heavy atom. The molecule has 0 spiro atoms. The van der Waals surface area contributed by atoms with Crippen molar-refractivity contribution in [1.29, 1.82) is 0 Å². The Bertz CT molecular complexity index is 701. The number of rotatable bonds is 3. The summed E-state index contributed by atoms with van der Waals surface area (Å²) in [6.45, 7) is 9.03. The van der Waals surface area contributed by atoms with Gasteiger partial charge in [0.15, 0.2) is 0 Å². The van der Waals surface area contributed by atoms with Crippen molar-refractivity contribution in [1.82, 2.24) is 4.98 Å². The van der Waals surface area contributed by atoms with Gasteiger partial charge in [-0.15, -0.1) is 0 Å². The summed E-state index contributed by atoms with van der Waals surface area (Å²) in [5, 5.41) is -1.29. The van der Waals surface area contributed by atoms with E-state index in [0.717, 1.165) is 5.56 Å². The van der Waals surface area contributed by atoms with Gasteiger partial charge >= 0.3 is 5.37 Å². The molecule has 0 bridgehead atoms. The minimum atomic E-state index is -3.74. The van der Waals surface area contributed by atoms with E-state index >= 15 is 0 Å². The van der Waals surface area contributed by atoms with Crippen LogP contribution in [0.3, 0.4) is 0 Å². The first-order valence-electron chi connectivity index (χ1n) is 5.64. The summed E-state index contributed by atoms with van der Waals surface area (Å²) in [5.74, 6) is 0. The molecule has 4 nitrogen and oxygen atoms in total. The molecule has 0 radical (unpaired) electrons. The van der Waals surface area contributed by atoms with Crippen LogP contribution in [0.15, 0.2) is 53.6 Å². The molecule has 0 aliphatic rings. The van der Waals surface area contributed by atoms with Crippen molar-refractivity contribution in [2.75, 3.05) is 0 Å². The molecule has 19 heavy (non-hydrogen) atoms. The van der Waals surface area contributed by atoms with Crippen LogP contribution < -0.4 is 0 Å². The molecule has 0 N–H and O–H groups in total. The Hall–Kier alpha value is -2.19.